The number of hydrogen-bond donors (Lipinski definition) is 1. The molecule has 1 aliphatic rings. The highest BCUT2D eigenvalue weighted by Gasteiger charge is 2.34. The normalized spacial score (nSPS) is 15.8. The Labute approximate surface area is 157 Å². The first-order valence-corrected chi connectivity index (χ1v) is 8.63. The molecule has 0 saturated heterocycles. The number of nitrogens with zero attached hydrogens (tertiary/aromatic N) is 1. The highest BCUT2D eigenvalue weighted by atomic mass is 16.5. The van der Waals surface area contributed by atoms with Crippen LogP contribution in [-0.2, 0) is 4.79 Å². The van der Waals surface area contributed by atoms with Gasteiger partial charge in [0.2, 0.25) is 11.7 Å². The number of benzene rings is 2. The van der Waals surface area contributed by atoms with Gasteiger partial charge >= 0.3 is 0 Å². The Bertz CT molecular complexity index is 1030. The van der Waals surface area contributed by atoms with Crippen LogP contribution in [0.5, 0.6) is 17.2 Å². The van der Waals surface area contributed by atoms with Crippen molar-refractivity contribution in [2.45, 2.75) is 12.3 Å². The van der Waals surface area contributed by atoms with Crippen LogP contribution in [-0.4, -0.2) is 32.2 Å². The van der Waals surface area contributed by atoms with E-state index < -0.39 is 0 Å². The van der Waals surface area contributed by atoms with Crippen LogP contribution in [0, 0.1) is 0 Å². The summed E-state index contributed by atoms with van der Waals surface area (Å²) in [5.74, 6) is 1.31. The number of fused-ring (bicyclic) bond motifs is 2. The molecule has 27 heavy (non-hydrogen) atoms. The number of nitrogens with one attached hydrogen (secondary N) is 1. The van der Waals surface area contributed by atoms with E-state index in [1.165, 1.54) is 0 Å². The number of aromatic nitrogens is 1. The number of methoxy groups -OCH3 is 3. The predicted octanol–water partition coefficient (Wildman–Crippen LogP) is 3.73. The summed E-state index contributed by atoms with van der Waals surface area (Å²) in [6.45, 7) is 0. The van der Waals surface area contributed by atoms with E-state index >= 15 is 0 Å². The van der Waals surface area contributed by atoms with Crippen LogP contribution in [0.3, 0.4) is 0 Å². The lowest BCUT2D eigenvalue weighted by molar-refractivity contribution is -0.116. The van der Waals surface area contributed by atoms with Crippen molar-refractivity contribution in [3.8, 4) is 17.2 Å². The second-order valence-electron chi connectivity index (χ2n) is 6.36. The molecule has 6 nitrogen and oxygen atoms in total. The Morgan fingerprint density at radius 3 is 2.56 bits per heavy atom. The number of anilines is 1. The number of pyridine rings is 1. The summed E-state index contributed by atoms with van der Waals surface area (Å²) in [6, 6.07) is 9.80. The summed E-state index contributed by atoms with van der Waals surface area (Å²) < 4.78 is 16.7. The molecule has 0 fully saturated rings. The number of amides is 1. The summed E-state index contributed by atoms with van der Waals surface area (Å²) in [7, 11) is 4.72. The average Bonchev–Trinajstić information content (AvgIpc) is 2.71. The zero-order chi connectivity index (χ0) is 19.0. The van der Waals surface area contributed by atoms with Gasteiger partial charge in [-0.25, -0.2) is 0 Å². The molecular weight excluding hydrogens is 344 g/mol. The van der Waals surface area contributed by atoms with Crippen molar-refractivity contribution in [1.29, 1.82) is 0 Å². The molecule has 3 aromatic rings. The molecule has 6 heteroatoms. The Morgan fingerprint density at radius 1 is 1.04 bits per heavy atom. The van der Waals surface area contributed by atoms with Crippen LogP contribution in [0.15, 0.2) is 42.7 Å². The number of rotatable bonds is 4. The predicted molar refractivity (Wildman–Crippen MR) is 103 cm³/mol. The van der Waals surface area contributed by atoms with E-state index in [0.29, 0.717) is 29.4 Å². The quantitative estimate of drug-likeness (QED) is 0.764. The second kappa shape index (κ2) is 6.79. The van der Waals surface area contributed by atoms with Crippen molar-refractivity contribution in [2.24, 2.45) is 0 Å². The number of hydrogen-bond acceptors (Lipinski definition) is 5. The topological polar surface area (TPSA) is 69.7 Å². The van der Waals surface area contributed by atoms with Gasteiger partial charge in [0.15, 0.2) is 11.5 Å². The minimum atomic E-state index is -0.206. The maximum Gasteiger partial charge on any atom is 0.225 e. The molecule has 2 aromatic carbocycles. The van der Waals surface area contributed by atoms with Gasteiger partial charge in [-0.2, -0.15) is 0 Å². The zero-order valence-electron chi connectivity index (χ0n) is 15.4. The molecule has 1 N–H and O–H groups in total. The van der Waals surface area contributed by atoms with Gasteiger partial charge in [-0.05, 0) is 10.9 Å². The van der Waals surface area contributed by atoms with Crippen molar-refractivity contribution in [1.82, 2.24) is 4.98 Å². The van der Waals surface area contributed by atoms with Crippen LogP contribution in [0.2, 0.25) is 0 Å². The third-order valence-electron chi connectivity index (χ3n) is 4.95. The van der Waals surface area contributed by atoms with Gasteiger partial charge < -0.3 is 19.5 Å². The standard InChI is InChI=1S/C21H20N2O4/c1-25-17-9-16-19(21(27-3)20(17)26-2)14(8-18(24)23-16)15-11-22-10-12-6-4-5-7-13(12)15/h4-7,9-11,14H,8H2,1-3H3,(H,23,24). The number of ether oxygens (including phenoxy) is 3. The smallest absolute Gasteiger partial charge is 0.225 e. The summed E-state index contributed by atoms with van der Waals surface area (Å²) in [5, 5.41) is 5.03. The van der Waals surface area contributed by atoms with Crippen molar-refractivity contribution in [2.75, 3.05) is 26.6 Å². The first kappa shape index (κ1) is 17.1. The SMILES string of the molecule is COc1cc2c(c(OC)c1OC)C(c1cncc3ccccc13)CC(=O)N2. The fraction of sp³-hybridized carbons (Fsp3) is 0.238. The zero-order valence-corrected chi connectivity index (χ0v) is 15.4. The van der Waals surface area contributed by atoms with Gasteiger partial charge in [0.25, 0.3) is 0 Å². The highest BCUT2D eigenvalue weighted by Crippen LogP contribution is 2.51. The van der Waals surface area contributed by atoms with Crippen molar-refractivity contribution in [3.63, 3.8) is 0 Å². The lowest BCUT2D eigenvalue weighted by Gasteiger charge is -2.30. The Morgan fingerprint density at radius 2 is 1.81 bits per heavy atom. The molecule has 0 bridgehead atoms. The van der Waals surface area contributed by atoms with Crippen molar-refractivity contribution in [3.05, 3.63) is 53.9 Å². The van der Waals surface area contributed by atoms with E-state index in [-0.39, 0.29) is 11.8 Å². The summed E-state index contributed by atoms with van der Waals surface area (Å²) >= 11 is 0. The van der Waals surface area contributed by atoms with Gasteiger partial charge in [0.1, 0.15) is 0 Å². The number of carbonyl (C=O) groups is 1. The fourth-order valence-electron chi connectivity index (χ4n) is 3.80. The van der Waals surface area contributed by atoms with Gasteiger partial charge in [0.05, 0.1) is 27.0 Å². The summed E-state index contributed by atoms with van der Waals surface area (Å²) in [4.78, 5) is 16.8. The van der Waals surface area contributed by atoms with E-state index in [4.69, 9.17) is 14.2 Å². The molecule has 2 heterocycles. The Hall–Kier alpha value is -3.28. The molecule has 0 radical (unpaired) electrons. The van der Waals surface area contributed by atoms with Crippen molar-refractivity contribution < 1.29 is 19.0 Å². The van der Waals surface area contributed by atoms with E-state index in [1.807, 2.05) is 36.7 Å². The number of carbonyl (C=O) groups excluding carboxylic acids is 1. The van der Waals surface area contributed by atoms with Crippen LogP contribution in [0.25, 0.3) is 10.8 Å². The third kappa shape index (κ3) is 2.73. The van der Waals surface area contributed by atoms with Crippen LogP contribution in [0.4, 0.5) is 5.69 Å². The van der Waals surface area contributed by atoms with Gasteiger partial charge in [-0.3, -0.25) is 9.78 Å². The van der Waals surface area contributed by atoms with Gasteiger partial charge in [-0.1, -0.05) is 24.3 Å². The van der Waals surface area contributed by atoms with E-state index in [1.54, 1.807) is 27.4 Å². The first-order valence-electron chi connectivity index (χ1n) is 8.63. The maximum atomic E-state index is 12.5. The lowest BCUT2D eigenvalue weighted by atomic mass is 9.82. The Kier molecular flexibility index (Phi) is 4.32. The van der Waals surface area contributed by atoms with E-state index in [9.17, 15) is 4.79 Å². The fourth-order valence-corrected chi connectivity index (χ4v) is 3.80. The maximum absolute atomic E-state index is 12.5. The molecule has 0 aliphatic carbocycles. The molecule has 138 valence electrons. The molecule has 1 aliphatic heterocycles. The van der Waals surface area contributed by atoms with Gasteiger partial charge in [0, 0.05) is 41.7 Å². The molecular formula is C21H20N2O4. The monoisotopic (exact) mass is 364 g/mol. The summed E-state index contributed by atoms with van der Waals surface area (Å²) in [5.41, 5.74) is 2.52. The van der Waals surface area contributed by atoms with E-state index in [0.717, 1.165) is 21.9 Å². The minimum absolute atomic E-state index is 0.0605. The molecule has 1 amide bonds. The lowest BCUT2D eigenvalue weighted by Crippen LogP contribution is -2.24. The van der Waals surface area contributed by atoms with Gasteiger partial charge in [-0.15, -0.1) is 0 Å². The minimum Gasteiger partial charge on any atom is -0.493 e. The Balaban J connectivity index is 2.01. The average molecular weight is 364 g/mol. The molecule has 0 saturated carbocycles. The first-order chi connectivity index (χ1) is 13.2. The largest absolute Gasteiger partial charge is 0.493 e. The van der Waals surface area contributed by atoms with Crippen LogP contribution < -0.4 is 19.5 Å². The van der Waals surface area contributed by atoms with Crippen LogP contribution in [0.1, 0.15) is 23.5 Å². The summed E-state index contributed by atoms with van der Waals surface area (Å²) in [6.07, 6.45) is 3.95. The van der Waals surface area contributed by atoms with Crippen LogP contribution >= 0.6 is 0 Å². The molecule has 1 atom stereocenters. The molecule has 1 unspecified atom stereocenters. The molecule has 4 rings (SSSR count). The third-order valence-corrected chi connectivity index (χ3v) is 4.95. The van der Waals surface area contributed by atoms with E-state index in [2.05, 4.69) is 10.3 Å². The molecule has 0 spiro atoms. The van der Waals surface area contributed by atoms with Crippen molar-refractivity contribution >= 4 is 22.4 Å². The highest BCUT2D eigenvalue weighted by molar-refractivity contribution is 5.98. The molecule has 1 aromatic heterocycles. The second-order valence-corrected chi connectivity index (χ2v) is 6.36.